The molecule has 0 unspecified atom stereocenters. The number of amides is 1. The monoisotopic (exact) mass is 524 g/mol. The van der Waals surface area contributed by atoms with E-state index < -0.39 is 11.9 Å². The third-order valence-electron chi connectivity index (χ3n) is 4.70. The topological polar surface area (TPSA) is 86.2 Å². The largest absolute Gasteiger partial charge is 0.493 e. The van der Waals surface area contributed by atoms with Gasteiger partial charge < -0.3 is 14.2 Å². The quantitative estimate of drug-likeness (QED) is 0.191. The minimum atomic E-state index is -0.503. The summed E-state index contributed by atoms with van der Waals surface area (Å²) in [6.45, 7) is 5.70. The summed E-state index contributed by atoms with van der Waals surface area (Å²) in [7, 11) is 1.47. The van der Waals surface area contributed by atoms with Gasteiger partial charge in [0.15, 0.2) is 18.1 Å². The number of hydrazone groups is 1. The van der Waals surface area contributed by atoms with Crippen LogP contribution in [0.2, 0.25) is 0 Å². The van der Waals surface area contributed by atoms with Crippen molar-refractivity contribution in [2.75, 3.05) is 13.7 Å². The number of esters is 1. The maximum Gasteiger partial charge on any atom is 0.343 e. The fourth-order valence-electron chi connectivity index (χ4n) is 3.13. The zero-order valence-electron chi connectivity index (χ0n) is 19.3. The van der Waals surface area contributed by atoms with Crippen molar-refractivity contribution in [3.63, 3.8) is 0 Å². The molecule has 0 bridgehead atoms. The number of rotatable bonds is 8. The van der Waals surface area contributed by atoms with Crippen LogP contribution in [0.25, 0.3) is 0 Å². The Hall–Kier alpha value is -3.65. The lowest BCUT2D eigenvalue weighted by Gasteiger charge is -2.12. The van der Waals surface area contributed by atoms with Crippen molar-refractivity contribution < 1.29 is 23.8 Å². The number of methoxy groups -OCH3 is 1. The van der Waals surface area contributed by atoms with E-state index in [0.717, 1.165) is 16.7 Å². The molecule has 34 heavy (non-hydrogen) atoms. The van der Waals surface area contributed by atoms with E-state index >= 15 is 0 Å². The van der Waals surface area contributed by atoms with Crippen molar-refractivity contribution in [2.45, 2.75) is 20.8 Å². The third-order valence-corrected chi connectivity index (χ3v) is 5.29. The van der Waals surface area contributed by atoms with Gasteiger partial charge in [-0.05, 0) is 89.8 Å². The molecule has 1 N–H and O–H groups in total. The van der Waals surface area contributed by atoms with Crippen molar-refractivity contribution in [1.29, 1.82) is 0 Å². The number of benzene rings is 3. The highest BCUT2D eigenvalue weighted by Crippen LogP contribution is 2.36. The molecule has 1 amide bonds. The van der Waals surface area contributed by atoms with Crippen molar-refractivity contribution in [3.05, 3.63) is 86.9 Å². The summed E-state index contributed by atoms with van der Waals surface area (Å²) in [5.74, 6) is 0.305. The molecule has 7 nitrogen and oxygen atoms in total. The second-order valence-electron chi connectivity index (χ2n) is 7.69. The number of carbonyl (C=O) groups is 2. The molecule has 0 heterocycles. The van der Waals surface area contributed by atoms with Crippen LogP contribution in [0, 0.1) is 20.8 Å². The van der Waals surface area contributed by atoms with Crippen LogP contribution in [-0.4, -0.2) is 31.8 Å². The summed E-state index contributed by atoms with van der Waals surface area (Å²) in [5, 5.41) is 3.96. The maximum absolute atomic E-state index is 12.5. The molecule has 0 atom stereocenters. The minimum Gasteiger partial charge on any atom is -0.493 e. The molecule has 0 aliphatic heterocycles. The van der Waals surface area contributed by atoms with Crippen molar-refractivity contribution in [3.8, 4) is 17.2 Å². The van der Waals surface area contributed by atoms with Gasteiger partial charge >= 0.3 is 5.97 Å². The minimum absolute atomic E-state index is 0.166. The van der Waals surface area contributed by atoms with Gasteiger partial charge in [0.2, 0.25) is 0 Å². The highest BCUT2D eigenvalue weighted by molar-refractivity contribution is 9.10. The lowest BCUT2D eigenvalue weighted by atomic mass is 10.1. The number of ether oxygens (including phenoxy) is 3. The molecule has 0 spiro atoms. The van der Waals surface area contributed by atoms with Gasteiger partial charge in [0, 0.05) is 0 Å². The Balaban J connectivity index is 1.62. The van der Waals surface area contributed by atoms with Gasteiger partial charge in [-0.2, -0.15) is 5.10 Å². The lowest BCUT2D eigenvalue weighted by Crippen LogP contribution is -2.24. The average molecular weight is 525 g/mol. The predicted octanol–water partition coefficient (Wildman–Crippen LogP) is 5.13. The third kappa shape index (κ3) is 6.92. The van der Waals surface area contributed by atoms with Crippen LogP contribution in [0.5, 0.6) is 17.2 Å². The number of nitrogens with one attached hydrogen (secondary N) is 1. The van der Waals surface area contributed by atoms with Crippen LogP contribution >= 0.6 is 15.9 Å². The van der Waals surface area contributed by atoms with Crippen LogP contribution < -0.4 is 19.6 Å². The van der Waals surface area contributed by atoms with Crippen molar-refractivity contribution in [1.82, 2.24) is 5.43 Å². The van der Waals surface area contributed by atoms with E-state index in [4.69, 9.17) is 14.2 Å². The first-order chi connectivity index (χ1) is 16.2. The molecule has 0 aromatic heterocycles. The Morgan fingerprint density at radius 1 is 0.971 bits per heavy atom. The van der Waals surface area contributed by atoms with Crippen LogP contribution in [0.15, 0.2) is 64.2 Å². The highest BCUT2D eigenvalue weighted by atomic mass is 79.9. The zero-order valence-corrected chi connectivity index (χ0v) is 20.9. The molecule has 8 heteroatoms. The van der Waals surface area contributed by atoms with E-state index in [-0.39, 0.29) is 12.4 Å². The first-order valence-corrected chi connectivity index (χ1v) is 11.2. The van der Waals surface area contributed by atoms with E-state index in [2.05, 4.69) is 26.5 Å². The molecular formula is C26H25BrN2O5. The smallest absolute Gasteiger partial charge is 0.343 e. The SMILES string of the molecule is COc1cc(/C=N/NC(=O)COc2cc(C)cc(C)c2)cc(Br)c1OC(=O)c1ccc(C)cc1. The van der Waals surface area contributed by atoms with Gasteiger partial charge in [-0.1, -0.05) is 23.8 Å². The Morgan fingerprint density at radius 3 is 2.29 bits per heavy atom. The second-order valence-corrected chi connectivity index (χ2v) is 8.55. The van der Waals surface area contributed by atoms with E-state index in [0.29, 0.717) is 27.1 Å². The molecule has 3 aromatic rings. The predicted molar refractivity (Wildman–Crippen MR) is 134 cm³/mol. The number of aryl methyl sites for hydroxylation is 3. The molecule has 0 aliphatic carbocycles. The normalized spacial score (nSPS) is 10.7. The van der Waals surface area contributed by atoms with Gasteiger partial charge in [0.1, 0.15) is 5.75 Å². The zero-order chi connectivity index (χ0) is 24.7. The fraction of sp³-hybridized carbons (Fsp3) is 0.192. The van der Waals surface area contributed by atoms with Gasteiger partial charge in [0.25, 0.3) is 5.91 Å². The highest BCUT2D eigenvalue weighted by Gasteiger charge is 2.16. The van der Waals surface area contributed by atoms with E-state index in [1.54, 1.807) is 24.3 Å². The Bertz CT molecular complexity index is 1200. The average Bonchev–Trinajstić information content (AvgIpc) is 2.79. The summed E-state index contributed by atoms with van der Waals surface area (Å²) in [6, 6.07) is 16.2. The van der Waals surface area contributed by atoms with Crippen LogP contribution in [0.4, 0.5) is 0 Å². The molecule has 3 aromatic carbocycles. The Kier molecular flexibility index (Phi) is 8.43. The Labute approximate surface area is 206 Å². The standard InChI is InChI=1S/C26H25BrN2O5/c1-16-5-7-20(8-6-16)26(31)34-25-22(27)12-19(13-23(25)32-4)14-28-29-24(30)15-33-21-10-17(2)9-18(3)11-21/h5-14H,15H2,1-4H3,(H,29,30)/b28-14+. The molecule has 3 rings (SSSR count). The van der Waals surface area contributed by atoms with Crippen molar-refractivity contribution >= 4 is 34.0 Å². The fourth-order valence-corrected chi connectivity index (χ4v) is 3.67. The number of nitrogens with zero attached hydrogens (tertiary/aromatic N) is 1. The molecular weight excluding hydrogens is 500 g/mol. The number of hydrogen-bond donors (Lipinski definition) is 1. The summed E-state index contributed by atoms with van der Waals surface area (Å²) in [4.78, 5) is 24.6. The number of hydrogen-bond acceptors (Lipinski definition) is 6. The van der Waals surface area contributed by atoms with Gasteiger partial charge in [0.05, 0.1) is 23.4 Å². The first kappa shape index (κ1) is 25.0. The summed E-state index contributed by atoms with van der Waals surface area (Å²) in [6.07, 6.45) is 1.45. The van der Waals surface area contributed by atoms with Crippen LogP contribution in [0.3, 0.4) is 0 Å². The van der Waals surface area contributed by atoms with Crippen molar-refractivity contribution in [2.24, 2.45) is 5.10 Å². The van der Waals surface area contributed by atoms with Crippen LogP contribution in [-0.2, 0) is 4.79 Å². The summed E-state index contributed by atoms with van der Waals surface area (Å²) < 4.78 is 16.9. The maximum atomic E-state index is 12.5. The van der Waals surface area contributed by atoms with Gasteiger partial charge in [-0.15, -0.1) is 0 Å². The number of halogens is 1. The van der Waals surface area contributed by atoms with Gasteiger partial charge in [-0.25, -0.2) is 10.2 Å². The molecule has 0 fully saturated rings. The summed E-state index contributed by atoms with van der Waals surface area (Å²) >= 11 is 3.41. The van der Waals surface area contributed by atoms with E-state index in [9.17, 15) is 9.59 Å². The van der Waals surface area contributed by atoms with E-state index in [1.165, 1.54) is 13.3 Å². The Morgan fingerprint density at radius 2 is 1.65 bits per heavy atom. The molecule has 0 saturated carbocycles. The molecule has 176 valence electrons. The van der Waals surface area contributed by atoms with Gasteiger partial charge in [-0.3, -0.25) is 4.79 Å². The second kappa shape index (κ2) is 11.5. The molecule has 0 aliphatic rings. The van der Waals surface area contributed by atoms with E-state index in [1.807, 2.05) is 51.1 Å². The first-order valence-electron chi connectivity index (χ1n) is 10.4. The summed E-state index contributed by atoms with van der Waals surface area (Å²) in [5.41, 5.74) is 6.63. The molecule has 0 radical (unpaired) electrons. The van der Waals surface area contributed by atoms with Crippen LogP contribution in [0.1, 0.15) is 32.6 Å². The lowest BCUT2D eigenvalue weighted by molar-refractivity contribution is -0.123. The number of carbonyl (C=O) groups excluding carboxylic acids is 2. The molecule has 0 saturated heterocycles.